The van der Waals surface area contributed by atoms with Gasteiger partial charge in [0.1, 0.15) is 0 Å². The lowest BCUT2D eigenvalue weighted by atomic mass is 9.98. The van der Waals surface area contributed by atoms with Crippen molar-refractivity contribution in [2.24, 2.45) is 5.92 Å². The highest BCUT2D eigenvalue weighted by Gasteiger charge is 2.14. The van der Waals surface area contributed by atoms with Crippen LogP contribution in [0.4, 0.5) is 5.95 Å². The molecule has 1 aliphatic rings. The van der Waals surface area contributed by atoms with Crippen LogP contribution >= 0.6 is 0 Å². The standard InChI is InChI=1S/C19H26N4/c1-13-4-5-14(2)17(10-13)18-11-15(3)22-19(23-18)21-12-16-6-8-20-9-7-16/h4-5,10-11,16,20H,6-9,12H2,1-3H3,(H,21,22,23). The predicted molar refractivity (Wildman–Crippen MR) is 95.8 cm³/mol. The molecule has 1 aromatic heterocycles. The molecule has 122 valence electrons. The maximum atomic E-state index is 4.75. The minimum Gasteiger partial charge on any atom is -0.354 e. The van der Waals surface area contributed by atoms with E-state index < -0.39 is 0 Å². The highest BCUT2D eigenvalue weighted by molar-refractivity contribution is 5.65. The molecule has 1 fully saturated rings. The van der Waals surface area contributed by atoms with E-state index in [2.05, 4.69) is 53.7 Å². The molecule has 0 atom stereocenters. The topological polar surface area (TPSA) is 49.8 Å². The first-order valence-electron chi connectivity index (χ1n) is 8.50. The lowest BCUT2D eigenvalue weighted by molar-refractivity contribution is 0.389. The van der Waals surface area contributed by atoms with Gasteiger partial charge in [-0.15, -0.1) is 0 Å². The summed E-state index contributed by atoms with van der Waals surface area (Å²) in [6, 6.07) is 8.57. The molecular weight excluding hydrogens is 284 g/mol. The van der Waals surface area contributed by atoms with E-state index >= 15 is 0 Å². The van der Waals surface area contributed by atoms with Crippen molar-refractivity contribution in [3.63, 3.8) is 0 Å². The van der Waals surface area contributed by atoms with Crippen LogP contribution in [0.1, 0.15) is 29.7 Å². The molecule has 0 bridgehead atoms. The smallest absolute Gasteiger partial charge is 0.223 e. The van der Waals surface area contributed by atoms with E-state index in [-0.39, 0.29) is 0 Å². The first-order valence-corrected chi connectivity index (χ1v) is 8.50. The van der Waals surface area contributed by atoms with Gasteiger partial charge in [-0.05, 0) is 70.3 Å². The van der Waals surface area contributed by atoms with Crippen molar-refractivity contribution in [2.45, 2.75) is 33.6 Å². The lowest BCUT2D eigenvalue weighted by Crippen LogP contribution is -2.31. The number of hydrogen-bond donors (Lipinski definition) is 2. The zero-order valence-electron chi connectivity index (χ0n) is 14.3. The highest BCUT2D eigenvalue weighted by atomic mass is 15.1. The van der Waals surface area contributed by atoms with Gasteiger partial charge in [-0.3, -0.25) is 0 Å². The normalized spacial score (nSPS) is 15.6. The van der Waals surface area contributed by atoms with Gasteiger partial charge in [0.15, 0.2) is 0 Å². The van der Waals surface area contributed by atoms with Crippen molar-refractivity contribution >= 4 is 5.95 Å². The Kier molecular flexibility index (Phi) is 4.91. The average Bonchev–Trinajstić information content (AvgIpc) is 2.56. The summed E-state index contributed by atoms with van der Waals surface area (Å²) in [5.41, 5.74) is 5.71. The molecular formula is C19H26N4. The molecule has 0 spiro atoms. The third-order valence-corrected chi connectivity index (χ3v) is 4.53. The quantitative estimate of drug-likeness (QED) is 0.908. The number of nitrogens with one attached hydrogen (secondary N) is 2. The van der Waals surface area contributed by atoms with Gasteiger partial charge < -0.3 is 10.6 Å². The van der Waals surface area contributed by atoms with Crippen molar-refractivity contribution in [3.8, 4) is 11.3 Å². The maximum absolute atomic E-state index is 4.75. The van der Waals surface area contributed by atoms with Gasteiger partial charge in [-0.2, -0.15) is 0 Å². The number of anilines is 1. The van der Waals surface area contributed by atoms with Gasteiger partial charge >= 0.3 is 0 Å². The molecule has 2 N–H and O–H groups in total. The Morgan fingerprint density at radius 2 is 1.87 bits per heavy atom. The summed E-state index contributed by atoms with van der Waals surface area (Å²) >= 11 is 0. The van der Waals surface area contributed by atoms with E-state index in [4.69, 9.17) is 4.98 Å². The monoisotopic (exact) mass is 310 g/mol. The van der Waals surface area contributed by atoms with Gasteiger partial charge in [-0.25, -0.2) is 9.97 Å². The molecule has 3 rings (SSSR count). The molecule has 0 amide bonds. The van der Waals surface area contributed by atoms with Crippen LogP contribution in [0.5, 0.6) is 0 Å². The summed E-state index contributed by atoms with van der Waals surface area (Å²) in [6.07, 6.45) is 2.45. The molecule has 0 radical (unpaired) electrons. The van der Waals surface area contributed by atoms with Crippen molar-refractivity contribution < 1.29 is 0 Å². The largest absolute Gasteiger partial charge is 0.354 e. The number of hydrogen-bond acceptors (Lipinski definition) is 4. The Hall–Kier alpha value is -1.94. The van der Waals surface area contributed by atoms with Crippen molar-refractivity contribution in [2.75, 3.05) is 25.0 Å². The van der Waals surface area contributed by atoms with Crippen LogP contribution in [-0.2, 0) is 0 Å². The SMILES string of the molecule is Cc1ccc(C)c(-c2cc(C)nc(NCC3CCNCC3)n2)c1. The maximum Gasteiger partial charge on any atom is 0.223 e. The molecule has 0 aliphatic carbocycles. The molecule has 4 heteroatoms. The second kappa shape index (κ2) is 7.09. The van der Waals surface area contributed by atoms with Crippen LogP contribution < -0.4 is 10.6 Å². The van der Waals surface area contributed by atoms with Crippen molar-refractivity contribution in [3.05, 3.63) is 41.1 Å². The third kappa shape index (κ3) is 4.08. The molecule has 0 unspecified atom stereocenters. The molecule has 2 aromatic rings. The Balaban J connectivity index is 1.79. The van der Waals surface area contributed by atoms with Crippen molar-refractivity contribution in [1.82, 2.24) is 15.3 Å². The van der Waals surface area contributed by atoms with E-state index in [9.17, 15) is 0 Å². The second-order valence-electron chi connectivity index (χ2n) is 6.61. The van der Waals surface area contributed by atoms with E-state index in [0.717, 1.165) is 37.0 Å². The fraction of sp³-hybridized carbons (Fsp3) is 0.474. The minimum absolute atomic E-state index is 0.713. The molecule has 23 heavy (non-hydrogen) atoms. The summed E-state index contributed by atoms with van der Waals surface area (Å²) in [5.74, 6) is 1.46. The average molecular weight is 310 g/mol. The number of nitrogens with zero attached hydrogens (tertiary/aromatic N) is 2. The Labute approximate surface area is 138 Å². The second-order valence-corrected chi connectivity index (χ2v) is 6.61. The molecule has 1 aromatic carbocycles. The first kappa shape index (κ1) is 15.9. The van der Waals surface area contributed by atoms with Gasteiger partial charge in [-0.1, -0.05) is 17.7 Å². The van der Waals surface area contributed by atoms with Gasteiger partial charge in [0.2, 0.25) is 5.95 Å². The fourth-order valence-corrected chi connectivity index (χ4v) is 3.12. The van der Waals surface area contributed by atoms with Crippen LogP contribution in [0.25, 0.3) is 11.3 Å². The van der Waals surface area contributed by atoms with E-state index in [1.807, 2.05) is 6.92 Å². The summed E-state index contributed by atoms with van der Waals surface area (Å²) in [5, 5.41) is 6.85. The summed E-state index contributed by atoms with van der Waals surface area (Å²) < 4.78 is 0. The van der Waals surface area contributed by atoms with Crippen LogP contribution in [0.2, 0.25) is 0 Å². The van der Waals surface area contributed by atoms with Gasteiger partial charge in [0, 0.05) is 17.8 Å². The minimum atomic E-state index is 0.713. The molecule has 2 heterocycles. The summed E-state index contributed by atoms with van der Waals surface area (Å²) in [7, 11) is 0. The van der Waals surface area contributed by atoms with E-state index in [1.165, 1.54) is 29.5 Å². The number of aromatic nitrogens is 2. The lowest BCUT2D eigenvalue weighted by Gasteiger charge is -2.22. The Morgan fingerprint density at radius 3 is 2.65 bits per heavy atom. The Bertz CT molecular complexity index is 675. The molecule has 4 nitrogen and oxygen atoms in total. The zero-order valence-corrected chi connectivity index (χ0v) is 14.3. The summed E-state index contributed by atoms with van der Waals surface area (Å²) in [4.78, 5) is 9.31. The predicted octanol–water partition coefficient (Wildman–Crippen LogP) is 3.48. The first-order chi connectivity index (χ1) is 11.1. The molecule has 0 saturated carbocycles. The molecule has 1 saturated heterocycles. The van der Waals surface area contributed by atoms with Crippen LogP contribution in [0.15, 0.2) is 24.3 Å². The van der Waals surface area contributed by atoms with Crippen molar-refractivity contribution in [1.29, 1.82) is 0 Å². The number of aryl methyl sites for hydroxylation is 3. The van der Waals surface area contributed by atoms with E-state index in [1.54, 1.807) is 0 Å². The van der Waals surface area contributed by atoms with Crippen LogP contribution in [-0.4, -0.2) is 29.6 Å². The van der Waals surface area contributed by atoms with Gasteiger partial charge in [0.25, 0.3) is 0 Å². The van der Waals surface area contributed by atoms with Crippen LogP contribution in [0, 0.1) is 26.7 Å². The number of piperidine rings is 1. The third-order valence-electron chi connectivity index (χ3n) is 4.53. The highest BCUT2D eigenvalue weighted by Crippen LogP contribution is 2.24. The zero-order chi connectivity index (χ0) is 16.2. The Morgan fingerprint density at radius 1 is 1.09 bits per heavy atom. The number of rotatable bonds is 4. The van der Waals surface area contributed by atoms with E-state index in [0.29, 0.717) is 5.92 Å². The van der Waals surface area contributed by atoms with Gasteiger partial charge in [0.05, 0.1) is 5.69 Å². The van der Waals surface area contributed by atoms with Crippen LogP contribution in [0.3, 0.4) is 0 Å². The molecule has 1 aliphatic heterocycles. The number of benzene rings is 1. The summed E-state index contributed by atoms with van der Waals surface area (Å²) in [6.45, 7) is 9.48. The fourth-order valence-electron chi connectivity index (χ4n) is 3.12.